The molecular weight excluding hydrogens is 700 g/mol. The van der Waals surface area contributed by atoms with E-state index in [2.05, 4.69) is 47.1 Å². The number of halogens is 4. The molecule has 22 heteroatoms. The van der Waals surface area contributed by atoms with Crippen molar-refractivity contribution in [2.45, 2.75) is 9.79 Å². The molecule has 0 bridgehead atoms. The van der Waals surface area contributed by atoms with Crippen LogP contribution in [0, 0.1) is 0 Å². The van der Waals surface area contributed by atoms with Crippen LogP contribution in [0.15, 0.2) is 52.8 Å². The third-order valence-corrected chi connectivity index (χ3v) is 7.26. The van der Waals surface area contributed by atoms with E-state index in [4.69, 9.17) is 46.4 Å². The Labute approximate surface area is 302 Å². The van der Waals surface area contributed by atoms with E-state index in [9.17, 15) is 25.9 Å². The van der Waals surface area contributed by atoms with Crippen LogP contribution < -0.4 is 69.7 Å². The summed E-state index contributed by atoms with van der Waals surface area (Å²) in [5, 5.41) is 4.23. The largest absolute Gasteiger partial charge is 1.00 e. The van der Waals surface area contributed by atoms with E-state index in [0.717, 1.165) is 12.1 Å². The standard InChI is InChI=1S/C20H12Cl4N8O6S2.2Na/c1-8(11-4-2-9(6-13(11)39(33,34)35)25-19-29-15(21)27-16(22)30-19)12-5-3-10(7-14(12)40(36,37)38)26-20-31-17(23)28-18(24)32-20;;/h2-7H,1H2,(H,33,34,35)(H,36,37,38)(H,25,27,29,30)(H,26,28,31,32);;/q;2*+1/p-2. The summed E-state index contributed by atoms with van der Waals surface area (Å²) in [7, 11) is -10.3. The molecule has 0 radical (unpaired) electrons. The minimum atomic E-state index is -5.17. The molecule has 2 aromatic heterocycles. The zero-order valence-electron chi connectivity index (χ0n) is 21.1. The van der Waals surface area contributed by atoms with Gasteiger partial charge in [0.05, 0.1) is 9.79 Å². The molecule has 0 atom stereocenters. The van der Waals surface area contributed by atoms with E-state index in [-0.39, 0.29) is 120 Å². The van der Waals surface area contributed by atoms with Crippen molar-refractivity contribution < 1.29 is 85.1 Å². The van der Waals surface area contributed by atoms with Gasteiger partial charge in [0.1, 0.15) is 20.2 Å². The summed E-state index contributed by atoms with van der Waals surface area (Å²) in [6.45, 7) is 3.73. The first kappa shape index (κ1) is 37.0. The van der Waals surface area contributed by atoms with Crippen molar-refractivity contribution in [1.29, 1.82) is 0 Å². The quantitative estimate of drug-likeness (QED) is 0.150. The molecule has 2 heterocycles. The van der Waals surface area contributed by atoms with Gasteiger partial charge < -0.3 is 19.7 Å². The van der Waals surface area contributed by atoms with Gasteiger partial charge in [0.2, 0.25) is 33.0 Å². The van der Waals surface area contributed by atoms with Crippen molar-refractivity contribution in [2.75, 3.05) is 10.6 Å². The summed E-state index contributed by atoms with van der Waals surface area (Å²) in [6.07, 6.45) is 0. The molecule has 2 aromatic carbocycles. The Bertz CT molecular complexity index is 1730. The molecule has 4 aromatic rings. The summed E-state index contributed by atoms with van der Waals surface area (Å²) in [5.41, 5.74) is -0.785. The molecule has 0 unspecified atom stereocenters. The number of aromatic nitrogens is 6. The van der Waals surface area contributed by atoms with Crippen molar-refractivity contribution in [1.82, 2.24) is 29.9 Å². The van der Waals surface area contributed by atoms with Gasteiger partial charge in [-0.15, -0.1) is 0 Å². The number of benzene rings is 2. The molecule has 0 saturated heterocycles. The molecule has 14 nitrogen and oxygen atoms in total. The minimum Gasteiger partial charge on any atom is -0.744 e. The number of rotatable bonds is 8. The predicted octanol–water partition coefficient (Wildman–Crippen LogP) is -1.96. The van der Waals surface area contributed by atoms with Crippen LogP contribution >= 0.6 is 46.4 Å². The van der Waals surface area contributed by atoms with Crippen LogP contribution in [0.1, 0.15) is 11.1 Å². The smallest absolute Gasteiger partial charge is 0.744 e. The van der Waals surface area contributed by atoms with Crippen LogP contribution in [0.2, 0.25) is 21.1 Å². The first-order valence-electron chi connectivity index (χ1n) is 10.2. The molecular formula is C20H10Cl4N8Na2O6S2. The molecule has 0 aliphatic heterocycles. The second-order valence-corrected chi connectivity index (χ2v) is 11.5. The fraction of sp³-hybridized carbons (Fsp3) is 0. The molecule has 0 spiro atoms. The van der Waals surface area contributed by atoms with Crippen molar-refractivity contribution in [3.63, 3.8) is 0 Å². The molecule has 0 fully saturated rings. The van der Waals surface area contributed by atoms with Gasteiger partial charge in [0, 0.05) is 11.4 Å². The predicted molar refractivity (Wildman–Crippen MR) is 143 cm³/mol. The van der Waals surface area contributed by atoms with E-state index in [0.29, 0.717) is 0 Å². The maximum absolute atomic E-state index is 12.2. The van der Waals surface area contributed by atoms with E-state index in [1.165, 1.54) is 24.3 Å². The van der Waals surface area contributed by atoms with Crippen LogP contribution in [-0.4, -0.2) is 55.8 Å². The molecule has 0 amide bonds. The van der Waals surface area contributed by atoms with Crippen molar-refractivity contribution >= 4 is 95.5 Å². The van der Waals surface area contributed by atoms with Crippen molar-refractivity contribution in [3.05, 3.63) is 75.2 Å². The van der Waals surface area contributed by atoms with Gasteiger partial charge in [-0.3, -0.25) is 0 Å². The van der Waals surface area contributed by atoms with Crippen molar-refractivity contribution in [3.8, 4) is 0 Å². The summed E-state index contributed by atoms with van der Waals surface area (Å²) < 4.78 is 72.9. The Morgan fingerprint density at radius 1 is 0.619 bits per heavy atom. The van der Waals surface area contributed by atoms with Gasteiger partial charge in [0.15, 0.2) is 0 Å². The summed E-state index contributed by atoms with van der Waals surface area (Å²) in [4.78, 5) is 20.7. The van der Waals surface area contributed by atoms with Gasteiger partial charge in [-0.25, -0.2) is 16.8 Å². The zero-order chi connectivity index (χ0) is 29.4. The topological polar surface area (TPSA) is 216 Å². The first-order chi connectivity index (χ1) is 18.6. The molecule has 0 aliphatic rings. The molecule has 0 saturated carbocycles. The van der Waals surface area contributed by atoms with Gasteiger partial charge in [0.25, 0.3) is 0 Å². The zero-order valence-corrected chi connectivity index (χ0v) is 29.8. The van der Waals surface area contributed by atoms with Crippen LogP contribution in [-0.2, 0) is 20.2 Å². The van der Waals surface area contributed by atoms with E-state index in [1.807, 2.05) is 0 Å². The van der Waals surface area contributed by atoms with Crippen LogP contribution in [0.4, 0.5) is 23.3 Å². The van der Waals surface area contributed by atoms with Crippen LogP contribution in [0.25, 0.3) is 5.57 Å². The average molecular weight is 710 g/mol. The molecule has 42 heavy (non-hydrogen) atoms. The summed E-state index contributed by atoms with van der Waals surface area (Å²) in [6, 6.07) is 6.84. The Morgan fingerprint density at radius 3 is 1.21 bits per heavy atom. The summed E-state index contributed by atoms with van der Waals surface area (Å²) in [5.74, 6) is -0.316. The first-order valence-corrected chi connectivity index (χ1v) is 14.5. The van der Waals surface area contributed by atoms with Crippen molar-refractivity contribution in [2.24, 2.45) is 0 Å². The van der Waals surface area contributed by atoms with Gasteiger partial charge >= 0.3 is 59.1 Å². The Balaban J connectivity index is 0.00000308. The Morgan fingerprint density at radius 2 is 0.929 bits per heavy atom. The molecule has 208 valence electrons. The number of hydrogen-bond acceptors (Lipinski definition) is 14. The average Bonchev–Trinajstić information content (AvgIpc) is 2.81. The number of nitrogens with one attached hydrogen (secondary N) is 2. The Kier molecular flexibility index (Phi) is 12.9. The fourth-order valence-electron chi connectivity index (χ4n) is 3.28. The Hall–Kier alpha value is -1.22. The summed E-state index contributed by atoms with van der Waals surface area (Å²) >= 11 is 22.9. The fourth-order valence-corrected chi connectivity index (χ4v) is 5.47. The van der Waals surface area contributed by atoms with Gasteiger partial charge in [-0.1, -0.05) is 18.7 Å². The number of nitrogens with zero attached hydrogens (tertiary/aromatic N) is 6. The van der Waals surface area contributed by atoms with Crippen LogP contribution in [0.5, 0.6) is 0 Å². The molecule has 2 N–H and O–H groups in total. The maximum atomic E-state index is 12.2. The SMILES string of the molecule is C=C(c1ccc(Nc2nc(Cl)nc(Cl)n2)cc1S(=O)(=O)[O-])c1ccc(Nc2nc(Cl)nc(Cl)n2)cc1S(=O)(=O)[O-].[Na+].[Na+]. The molecule has 0 aliphatic carbocycles. The normalized spacial score (nSPS) is 11.2. The molecule has 4 rings (SSSR count). The second-order valence-electron chi connectivity index (χ2n) is 7.45. The third-order valence-electron chi connectivity index (χ3n) is 4.83. The van der Waals surface area contributed by atoms with E-state index >= 15 is 0 Å². The third kappa shape index (κ3) is 9.39. The van der Waals surface area contributed by atoms with Gasteiger partial charge in [-0.05, 0) is 87.4 Å². The van der Waals surface area contributed by atoms with E-state index in [1.54, 1.807) is 0 Å². The van der Waals surface area contributed by atoms with E-state index < -0.39 is 30.0 Å². The second kappa shape index (κ2) is 14.7. The van der Waals surface area contributed by atoms with Crippen LogP contribution in [0.3, 0.4) is 0 Å². The maximum Gasteiger partial charge on any atom is 1.00 e. The number of anilines is 4. The number of hydrogen-bond donors (Lipinski definition) is 2. The van der Waals surface area contributed by atoms with Gasteiger partial charge in [-0.2, -0.15) is 29.9 Å². The minimum absolute atomic E-state index is 0. The monoisotopic (exact) mass is 708 g/mol.